The Bertz CT molecular complexity index is 797. The highest BCUT2D eigenvalue weighted by atomic mass is 31.2. The first-order valence-corrected chi connectivity index (χ1v) is 9.97. The summed E-state index contributed by atoms with van der Waals surface area (Å²) < 4.78 is 14.9. The van der Waals surface area contributed by atoms with Crippen molar-refractivity contribution in [1.29, 1.82) is 0 Å². The second-order valence-corrected chi connectivity index (χ2v) is 7.04. The topological polar surface area (TPSA) is 87.0 Å². The Morgan fingerprint density at radius 1 is 0.778 bits per heavy atom. The molecule has 0 saturated heterocycles. The maximum Gasteiger partial charge on any atom is 0.466 e. The zero-order valence-electron chi connectivity index (χ0n) is 15.0. The van der Waals surface area contributed by atoms with Crippen LogP contribution in [0.2, 0.25) is 0 Å². The molecule has 0 aliphatic carbocycles. The Labute approximate surface area is 159 Å². The highest BCUT2D eigenvalue weighted by Gasteiger charge is 2.14. The molecule has 0 bridgehead atoms. The van der Waals surface area contributed by atoms with Crippen molar-refractivity contribution in [1.82, 2.24) is 0 Å². The quantitative estimate of drug-likeness (QED) is 0.570. The van der Waals surface area contributed by atoms with Gasteiger partial charge in [0.2, 0.25) is 0 Å². The third kappa shape index (κ3) is 8.20. The van der Waals surface area contributed by atoms with Crippen LogP contribution in [0.3, 0.4) is 0 Å². The van der Waals surface area contributed by atoms with Crippen LogP contribution in [0.1, 0.15) is 22.6 Å². The number of hydrogen-bond acceptors (Lipinski definition) is 2. The lowest BCUT2D eigenvalue weighted by atomic mass is 9.92. The first-order valence-electron chi connectivity index (χ1n) is 8.40. The van der Waals surface area contributed by atoms with Gasteiger partial charge in [-0.05, 0) is 30.2 Å². The van der Waals surface area contributed by atoms with Crippen LogP contribution >= 0.6 is 7.82 Å². The number of benzene rings is 3. The van der Waals surface area contributed by atoms with E-state index in [0.717, 1.165) is 5.75 Å². The molecule has 3 aromatic rings. The van der Waals surface area contributed by atoms with Gasteiger partial charge in [-0.1, -0.05) is 78.4 Å². The second kappa shape index (κ2) is 10.0. The van der Waals surface area contributed by atoms with E-state index in [1.165, 1.54) is 16.7 Å². The second-order valence-electron chi connectivity index (χ2n) is 6.01. The van der Waals surface area contributed by atoms with Crippen LogP contribution in [0.15, 0.2) is 84.9 Å². The largest absolute Gasteiger partial charge is 0.493 e. The molecule has 0 fully saturated rings. The van der Waals surface area contributed by atoms with Crippen molar-refractivity contribution in [3.05, 3.63) is 102 Å². The van der Waals surface area contributed by atoms with E-state index in [-0.39, 0.29) is 5.92 Å². The molecule has 0 saturated carbocycles. The summed E-state index contributed by atoms with van der Waals surface area (Å²) in [5, 5.41) is 0. The number of phosphoric acid groups is 1. The van der Waals surface area contributed by atoms with Gasteiger partial charge in [-0.3, -0.25) is 0 Å². The number of aryl methyl sites for hydroxylation is 1. The maximum atomic E-state index is 8.88. The van der Waals surface area contributed by atoms with Crippen molar-refractivity contribution >= 4 is 7.82 Å². The molecule has 6 heteroatoms. The summed E-state index contributed by atoms with van der Waals surface area (Å²) in [6.45, 7) is 2.72. The maximum absolute atomic E-state index is 8.88. The lowest BCUT2D eigenvalue weighted by Gasteiger charge is -2.19. The fourth-order valence-corrected chi connectivity index (χ4v) is 2.57. The van der Waals surface area contributed by atoms with E-state index in [2.05, 4.69) is 67.6 Å². The van der Waals surface area contributed by atoms with Gasteiger partial charge in [0.15, 0.2) is 0 Å². The summed E-state index contributed by atoms with van der Waals surface area (Å²) >= 11 is 0. The summed E-state index contributed by atoms with van der Waals surface area (Å²) in [5.41, 5.74) is 3.80. The van der Waals surface area contributed by atoms with E-state index < -0.39 is 7.82 Å². The number of ether oxygens (including phenoxy) is 1. The van der Waals surface area contributed by atoms with E-state index in [0.29, 0.717) is 6.61 Å². The van der Waals surface area contributed by atoms with Crippen molar-refractivity contribution in [2.75, 3.05) is 6.61 Å². The summed E-state index contributed by atoms with van der Waals surface area (Å²) in [4.78, 5) is 21.6. The minimum Gasteiger partial charge on any atom is -0.493 e. The zero-order valence-corrected chi connectivity index (χ0v) is 15.9. The fourth-order valence-electron chi connectivity index (χ4n) is 2.57. The van der Waals surface area contributed by atoms with Crippen LogP contribution in [0.5, 0.6) is 5.75 Å². The molecular weight excluding hydrogens is 363 g/mol. The highest BCUT2D eigenvalue weighted by Crippen LogP contribution is 2.26. The van der Waals surface area contributed by atoms with Gasteiger partial charge in [-0.25, -0.2) is 4.57 Å². The molecule has 0 aliphatic heterocycles. The molecular formula is C21H23O5P. The molecule has 3 aromatic carbocycles. The van der Waals surface area contributed by atoms with Gasteiger partial charge in [-0.2, -0.15) is 0 Å². The molecule has 0 aliphatic rings. The fraction of sp³-hybridized carbons (Fsp3) is 0.143. The van der Waals surface area contributed by atoms with Crippen molar-refractivity contribution in [2.24, 2.45) is 0 Å². The first kappa shape index (κ1) is 20.9. The molecule has 3 rings (SSSR count). The van der Waals surface area contributed by atoms with Crippen LogP contribution in [0.4, 0.5) is 0 Å². The van der Waals surface area contributed by atoms with Crippen molar-refractivity contribution in [2.45, 2.75) is 12.8 Å². The number of hydrogen-bond donors (Lipinski definition) is 3. The Morgan fingerprint density at radius 3 is 1.59 bits per heavy atom. The normalized spacial score (nSPS) is 10.9. The molecule has 0 heterocycles. The molecule has 0 aromatic heterocycles. The minimum atomic E-state index is -4.64. The SMILES string of the molecule is Cc1ccc(OCC(c2ccccc2)c2ccccc2)cc1.O=P(O)(O)O. The lowest BCUT2D eigenvalue weighted by Crippen LogP contribution is -2.11. The highest BCUT2D eigenvalue weighted by molar-refractivity contribution is 7.45. The zero-order chi connectivity index (χ0) is 19.7. The minimum absolute atomic E-state index is 0.240. The predicted molar refractivity (Wildman–Crippen MR) is 106 cm³/mol. The average Bonchev–Trinajstić information content (AvgIpc) is 2.64. The summed E-state index contributed by atoms with van der Waals surface area (Å²) in [5.74, 6) is 1.16. The van der Waals surface area contributed by atoms with E-state index in [1.807, 2.05) is 24.3 Å². The summed E-state index contributed by atoms with van der Waals surface area (Å²) in [7, 11) is -4.64. The van der Waals surface area contributed by atoms with Gasteiger partial charge in [-0.15, -0.1) is 0 Å². The average molecular weight is 386 g/mol. The van der Waals surface area contributed by atoms with E-state index in [4.69, 9.17) is 24.0 Å². The molecule has 5 nitrogen and oxygen atoms in total. The Hall–Kier alpha value is -2.43. The van der Waals surface area contributed by atoms with Crippen LogP contribution in [-0.2, 0) is 4.57 Å². The van der Waals surface area contributed by atoms with Crippen LogP contribution < -0.4 is 4.74 Å². The van der Waals surface area contributed by atoms with E-state index in [1.54, 1.807) is 0 Å². The van der Waals surface area contributed by atoms with Gasteiger partial charge in [0, 0.05) is 5.92 Å². The Balaban J connectivity index is 0.000000465. The van der Waals surface area contributed by atoms with Gasteiger partial charge >= 0.3 is 7.82 Å². The first-order chi connectivity index (χ1) is 12.8. The van der Waals surface area contributed by atoms with Gasteiger partial charge in [0.25, 0.3) is 0 Å². The molecule has 0 spiro atoms. The number of rotatable bonds is 5. The summed E-state index contributed by atoms with van der Waals surface area (Å²) in [6.07, 6.45) is 0. The van der Waals surface area contributed by atoms with E-state index >= 15 is 0 Å². The summed E-state index contributed by atoms with van der Waals surface area (Å²) in [6, 6.07) is 29.3. The lowest BCUT2D eigenvalue weighted by molar-refractivity contribution is 0.275. The van der Waals surface area contributed by atoms with Crippen LogP contribution in [0.25, 0.3) is 0 Å². The third-order valence-electron chi connectivity index (χ3n) is 3.84. The van der Waals surface area contributed by atoms with Crippen LogP contribution in [0, 0.1) is 6.92 Å². The van der Waals surface area contributed by atoms with Crippen molar-refractivity contribution in [3.8, 4) is 5.75 Å². The molecule has 27 heavy (non-hydrogen) atoms. The monoisotopic (exact) mass is 386 g/mol. The van der Waals surface area contributed by atoms with Gasteiger partial charge < -0.3 is 19.4 Å². The predicted octanol–water partition coefficient (Wildman–Crippen LogP) is 4.28. The van der Waals surface area contributed by atoms with Crippen molar-refractivity contribution < 1.29 is 24.0 Å². The molecule has 0 atom stereocenters. The van der Waals surface area contributed by atoms with E-state index in [9.17, 15) is 0 Å². The third-order valence-corrected chi connectivity index (χ3v) is 3.84. The molecule has 3 N–H and O–H groups in total. The van der Waals surface area contributed by atoms with Crippen LogP contribution in [-0.4, -0.2) is 21.3 Å². The molecule has 0 radical (unpaired) electrons. The van der Waals surface area contributed by atoms with Crippen molar-refractivity contribution in [3.63, 3.8) is 0 Å². The van der Waals surface area contributed by atoms with Gasteiger partial charge in [0.1, 0.15) is 5.75 Å². The molecule has 0 amide bonds. The molecule has 0 unspecified atom stereocenters. The molecule has 142 valence electrons. The Kier molecular flexibility index (Phi) is 7.77. The van der Waals surface area contributed by atoms with Gasteiger partial charge in [0.05, 0.1) is 6.61 Å². The smallest absolute Gasteiger partial charge is 0.466 e. The Morgan fingerprint density at radius 2 is 1.19 bits per heavy atom. The standard InChI is InChI=1S/C21H20O.H3O4P/c1-17-12-14-20(15-13-17)22-16-21(18-8-4-2-5-9-18)19-10-6-3-7-11-19;1-5(2,3)4/h2-15,21H,16H2,1H3;(H3,1,2,3,4).